The lowest BCUT2D eigenvalue weighted by Gasteiger charge is -2.45. The highest BCUT2D eigenvalue weighted by Crippen LogP contribution is 2.60. The molecule has 0 amide bonds. The van der Waals surface area contributed by atoms with Crippen LogP contribution in [0.1, 0.15) is 111 Å². The van der Waals surface area contributed by atoms with Crippen molar-refractivity contribution in [1.82, 2.24) is 0 Å². The van der Waals surface area contributed by atoms with Crippen molar-refractivity contribution < 1.29 is 0 Å². The van der Waals surface area contributed by atoms with Crippen LogP contribution in [0.15, 0.2) is 18.2 Å². The molecular formula is C27H43N. The van der Waals surface area contributed by atoms with Gasteiger partial charge < -0.3 is 4.90 Å². The van der Waals surface area contributed by atoms with Crippen molar-refractivity contribution in [2.75, 3.05) is 4.90 Å². The number of anilines is 1. The zero-order chi connectivity index (χ0) is 20.9. The second-order valence-corrected chi connectivity index (χ2v) is 11.4. The zero-order valence-electron chi connectivity index (χ0n) is 19.9. The molecular weight excluding hydrogens is 338 g/mol. The predicted molar refractivity (Wildman–Crippen MR) is 123 cm³/mol. The number of nitrogens with zero attached hydrogens (tertiary/aromatic N) is 1. The van der Waals surface area contributed by atoms with E-state index in [4.69, 9.17) is 0 Å². The van der Waals surface area contributed by atoms with Gasteiger partial charge in [-0.1, -0.05) is 73.1 Å². The van der Waals surface area contributed by atoms with E-state index in [1.807, 2.05) is 0 Å². The summed E-state index contributed by atoms with van der Waals surface area (Å²) < 4.78 is 0. The first-order valence-electron chi connectivity index (χ1n) is 11.7. The summed E-state index contributed by atoms with van der Waals surface area (Å²) in [5, 5.41) is 0. The first kappa shape index (κ1) is 21.7. The van der Waals surface area contributed by atoms with Gasteiger partial charge in [0.25, 0.3) is 0 Å². The van der Waals surface area contributed by atoms with Crippen molar-refractivity contribution in [3.8, 4) is 0 Å². The van der Waals surface area contributed by atoms with Gasteiger partial charge >= 0.3 is 0 Å². The Labute approximate surface area is 175 Å². The van der Waals surface area contributed by atoms with Gasteiger partial charge in [-0.2, -0.15) is 0 Å². The Morgan fingerprint density at radius 3 is 2.04 bits per heavy atom. The summed E-state index contributed by atoms with van der Waals surface area (Å²) in [6.07, 6.45) is 5.28. The van der Waals surface area contributed by atoms with E-state index < -0.39 is 0 Å². The van der Waals surface area contributed by atoms with Crippen LogP contribution in [0.3, 0.4) is 0 Å². The minimum Gasteiger partial charge on any atom is -0.355 e. The van der Waals surface area contributed by atoms with E-state index in [1.165, 1.54) is 42.5 Å². The molecule has 3 rings (SSSR count). The summed E-state index contributed by atoms with van der Waals surface area (Å²) >= 11 is 0. The molecule has 2 aliphatic rings. The second-order valence-electron chi connectivity index (χ2n) is 11.4. The van der Waals surface area contributed by atoms with Gasteiger partial charge in [0, 0.05) is 16.6 Å². The molecule has 0 N–H and O–H groups in total. The van der Waals surface area contributed by atoms with Crippen LogP contribution in [0, 0.1) is 29.7 Å². The molecule has 2 radical (unpaired) electrons. The van der Waals surface area contributed by atoms with Crippen LogP contribution >= 0.6 is 0 Å². The second kappa shape index (κ2) is 7.69. The molecule has 1 heterocycles. The molecule has 0 aromatic heterocycles. The predicted octanol–water partition coefficient (Wildman–Crippen LogP) is 8.04. The fourth-order valence-corrected chi connectivity index (χ4v) is 6.31. The third kappa shape index (κ3) is 3.75. The van der Waals surface area contributed by atoms with Crippen LogP contribution in [0.25, 0.3) is 0 Å². The third-order valence-electron chi connectivity index (χ3n) is 7.45. The molecule has 1 aromatic carbocycles. The van der Waals surface area contributed by atoms with E-state index in [9.17, 15) is 0 Å². The fourth-order valence-electron chi connectivity index (χ4n) is 6.31. The first-order chi connectivity index (χ1) is 13.0. The summed E-state index contributed by atoms with van der Waals surface area (Å²) in [4.78, 5) is 2.60. The van der Waals surface area contributed by atoms with Crippen LogP contribution in [0.4, 0.5) is 5.69 Å². The number of benzene rings is 1. The standard InChI is InChI=1S/C27H43N/c1-18(2)22-11-10-12-23(19(3)4)25(22)28-17-27(16-26(28,8)9)15-21(7)13-14-24(27)20(5)6/h10-12,18-21,24H,13-16H2,1-9H3/t21-,24+,27?/m0/s1. The van der Waals surface area contributed by atoms with Gasteiger partial charge in [-0.15, -0.1) is 0 Å². The average molecular weight is 382 g/mol. The van der Waals surface area contributed by atoms with Gasteiger partial charge in [0.05, 0.1) is 6.54 Å². The van der Waals surface area contributed by atoms with E-state index in [0.717, 1.165) is 17.8 Å². The molecule has 1 nitrogen and oxygen atoms in total. The molecule has 1 aliphatic heterocycles. The van der Waals surface area contributed by atoms with Gasteiger partial charge in [0.2, 0.25) is 0 Å². The van der Waals surface area contributed by atoms with Crippen LogP contribution in [0.2, 0.25) is 0 Å². The van der Waals surface area contributed by atoms with Crippen molar-refractivity contribution in [2.24, 2.45) is 23.2 Å². The molecule has 1 saturated carbocycles. The summed E-state index contributed by atoms with van der Waals surface area (Å²) in [6.45, 7) is 25.8. The topological polar surface area (TPSA) is 3.24 Å². The highest BCUT2D eigenvalue weighted by atomic mass is 15.2. The Balaban J connectivity index is 2.11. The van der Waals surface area contributed by atoms with Crippen molar-refractivity contribution in [3.05, 3.63) is 35.9 Å². The number of hydrogen-bond donors (Lipinski definition) is 0. The summed E-state index contributed by atoms with van der Waals surface area (Å²) in [7, 11) is 0. The molecule has 2 fully saturated rings. The molecule has 3 atom stereocenters. The molecule has 1 aliphatic carbocycles. The molecule has 0 bridgehead atoms. The molecule has 1 heteroatoms. The Morgan fingerprint density at radius 1 is 0.964 bits per heavy atom. The quantitative estimate of drug-likeness (QED) is 0.510. The Bertz CT molecular complexity index is 657. The highest BCUT2D eigenvalue weighted by Gasteiger charge is 2.56. The highest BCUT2D eigenvalue weighted by molar-refractivity contribution is 5.66. The van der Waals surface area contributed by atoms with E-state index in [1.54, 1.807) is 0 Å². The Kier molecular flexibility index (Phi) is 5.97. The van der Waals surface area contributed by atoms with E-state index >= 15 is 0 Å². The molecule has 1 saturated heterocycles. The zero-order valence-corrected chi connectivity index (χ0v) is 19.9. The van der Waals surface area contributed by atoms with Crippen LogP contribution in [0.5, 0.6) is 0 Å². The minimum atomic E-state index is 0.110. The smallest absolute Gasteiger partial charge is 0.0989 e. The first-order valence-corrected chi connectivity index (χ1v) is 11.7. The average Bonchev–Trinajstić information content (AvgIpc) is 2.83. The minimum absolute atomic E-state index is 0.110. The monoisotopic (exact) mass is 381 g/mol. The summed E-state index contributed by atoms with van der Waals surface area (Å²) in [5.41, 5.74) is 4.75. The normalized spacial score (nSPS) is 30.2. The Morgan fingerprint density at radius 2 is 1.54 bits per heavy atom. The molecule has 1 aromatic rings. The number of para-hydroxylation sites is 1. The SMILES string of the molecule is CC(C)c1cccc(C(C)C)c1N1[C]C2(C[C@@H](C)CC[C@@H]2C(C)C)CC1(C)C. The maximum absolute atomic E-state index is 4.20. The molecule has 28 heavy (non-hydrogen) atoms. The lowest BCUT2D eigenvalue weighted by Crippen LogP contribution is -2.39. The van der Waals surface area contributed by atoms with Crippen molar-refractivity contribution in [1.29, 1.82) is 0 Å². The molecule has 156 valence electrons. The lowest BCUT2D eigenvalue weighted by atomic mass is 9.58. The summed E-state index contributed by atoms with van der Waals surface area (Å²) in [6, 6.07) is 6.95. The van der Waals surface area contributed by atoms with Gasteiger partial charge in [0.15, 0.2) is 0 Å². The van der Waals surface area contributed by atoms with E-state index in [2.05, 4.69) is 92.0 Å². The van der Waals surface area contributed by atoms with Gasteiger partial charge in [-0.3, -0.25) is 0 Å². The van der Waals surface area contributed by atoms with E-state index in [0.29, 0.717) is 11.8 Å². The van der Waals surface area contributed by atoms with Crippen LogP contribution < -0.4 is 4.90 Å². The molecule has 1 spiro atoms. The molecule has 1 unspecified atom stereocenters. The van der Waals surface area contributed by atoms with Crippen molar-refractivity contribution in [3.63, 3.8) is 0 Å². The largest absolute Gasteiger partial charge is 0.355 e. The Hall–Kier alpha value is -0.980. The fraction of sp³-hybridized carbons (Fsp3) is 0.741. The van der Waals surface area contributed by atoms with Crippen LogP contribution in [-0.4, -0.2) is 5.54 Å². The maximum atomic E-state index is 4.20. The van der Waals surface area contributed by atoms with Gasteiger partial charge in [-0.25, -0.2) is 0 Å². The third-order valence-corrected chi connectivity index (χ3v) is 7.45. The van der Waals surface area contributed by atoms with Crippen LogP contribution in [-0.2, 0) is 0 Å². The summed E-state index contributed by atoms with van der Waals surface area (Å²) in [5.74, 6) is 3.33. The van der Waals surface area contributed by atoms with E-state index in [-0.39, 0.29) is 11.0 Å². The van der Waals surface area contributed by atoms with Crippen molar-refractivity contribution in [2.45, 2.75) is 105 Å². The van der Waals surface area contributed by atoms with Gasteiger partial charge in [-0.05, 0) is 73.8 Å². The number of rotatable bonds is 4. The van der Waals surface area contributed by atoms with Crippen molar-refractivity contribution >= 4 is 5.69 Å². The van der Waals surface area contributed by atoms with Gasteiger partial charge in [0.1, 0.15) is 0 Å². The lowest BCUT2D eigenvalue weighted by molar-refractivity contribution is 0.0611. The maximum Gasteiger partial charge on any atom is 0.0989 e. The number of hydrogen-bond acceptors (Lipinski definition) is 1.